The first-order chi connectivity index (χ1) is 13.3. The number of nitriles is 1. The molecule has 1 atom stereocenters. The Bertz CT molecular complexity index is 1010. The zero-order chi connectivity index (χ0) is 20.5. The molecular weight excluding hydrogens is 428 g/mol. The van der Waals surface area contributed by atoms with Crippen molar-refractivity contribution < 1.29 is 18.1 Å². The Labute approximate surface area is 173 Å². The van der Waals surface area contributed by atoms with Crippen molar-refractivity contribution in [3.63, 3.8) is 0 Å². The smallest absolute Gasteiger partial charge is 0.229 e. The van der Waals surface area contributed by atoms with Gasteiger partial charge in [-0.15, -0.1) is 0 Å². The first-order valence-corrected chi connectivity index (χ1v) is 9.86. The van der Waals surface area contributed by atoms with E-state index < -0.39 is 28.1 Å². The van der Waals surface area contributed by atoms with E-state index in [1.807, 2.05) is 0 Å². The molecule has 0 radical (unpaired) electrons. The van der Waals surface area contributed by atoms with Crippen LogP contribution in [0.1, 0.15) is 5.56 Å². The van der Waals surface area contributed by atoms with Gasteiger partial charge in [-0.25, -0.2) is 12.9 Å². The molecule has 2 aromatic rings. The Kier molecular flexibility index (Phi) is 5.91. The summed E-state index contributed by atoms with van der Waals surface area (Å²) >= 11 is 11.9. The molecule has 0 saturated carbocycles. The highest BCUT2D eigenvalue weighted by molar-refractivity contribution is 7.82. The molecule has 0 aliphatic carbocycles. The Balaban J connectivity index is 1.69. The van der Waals surface area contributed by atoms with Gasteiger partial charge in [0.05, 0.1) is 15.5 Å². The van der Waals surface area contributed by atoms with Crippen molar-refractivity contribution in [2.75, 3.05) is 19.7 Å². The van der Waals surface area contributed by atoms with Crippen molar-refractivity contribution in [3.05, 3.63) is 57.8 Å². The SMILES string of the molecule is N#Cc1ccc(OCC2(C(N)=O)CN(S(=O)c3ccc(Cl)cc3Cl)C2)cc1F. The fourth-order valence-electron chi connectivity index (χ4n) is 2.72. The van der Waals surface area contributed by atoms with Gasteiger partial charge in [-0.3, -0.25) is 4.79 Å². The minimum absolute atomic E-state index is 0.0899. The Morgan fingerprint density at radius 1 is 1.32 bits per heavy atom. The third kappa shape index (κ3) is 3.98. The van der Waals surface area contributed by atoms with Gasteiger partial charge in [0.2, 0.25) is 5.91 Å². The molecule has 1 heterocycles. The minimum atomic E-state index is -1.60. The van der Waals surface area contributed by atoms with Crippen LogP contribution in [0.4, 0.5) is 4.39 Å². The highest BCUT2D eigenvalue weighted by Gasteiger charge is 2.51. The second-order valence-electron chi connectivity index (χ2n) is 6.31. The van der Waals surface area contributed by atoms with Crippen molar-refractivity contribution in [1.29, 1.82) is 5.26 Å². The molecular formula is C18H14Cl2FN3O3S. The predicted molar refractivity (Wildman–Crippen MR) is 103 cm³/mol. The molecule has 2 aromatic carbocycles. The van der Waals surface area contributed by atoms with Gasteiger partial charge in [0, 0.05) is 24.2 Å². The van der Waals surface area contributed by atoms with Crippen LogP contribution in [0, 0.1) is 22.6 Å². The molecule has 3 rings (SSSR count). The average Bonchev–Trinajstić information content (AvgIpc) is 2.60. The van der Waals surface area contributed by atoms with Gasteiger partial charge >= 0.3 is 0 Å². The molecule has 1 fully saturated rings. The first-order valence-electron chi connectivity index (χ1n) is 8.00. The maximum Gasteiger partial charge on any atom is 0.229 e. The Hall–Kier alpha value is -2.18. The fourth-order valence-corrected chi connectivity index (χ4v) is 4.74. The van der Waals surface area contributed by atoms with Gasteiger partial charge in [-0.05, 0) is 30.3 Å². The first kappa shape index (κ1) is 20.6. The fraction of sp³-hybridized carbons (Fsp3) is 0.222. The minimum Gasteiger partial charge on any atom is -0.492 e. The van der Waals surface area contributed by atoms with E-state index in [0.29, 0.717) is 9.92 Å². The van der Waals surface area contributed by atoms with Crippen LogP contribution in [0.5, 0.6) is 5.75 Å². The van der Waals surface area contributed by atoms with Crippen LogP contribution in [-0.4, -0.2) is 34.1 Å². The molecule has 0 spiro atoms. The lowest BCUT2D eigenvalue weighted by atomic mass is 9.82. The summed E-state index contributed by atoms with van der Waals surface area (Å²) in [4.78, 5) is 12.3. The van der Waals surface area contributed by atoms with Crippen LogP contribution in [0.15, 0.2) is 41.3 Å². The van der Waals surface area contributed by atoms with E-state index in [2.05, 4.69) is 0 Å². The lowest BCUT2D eigenvalue weighted by Crippen LogP contribution is -2.65. The summed E-state index contributed by atoms with van der Waals surface area (Å²) in [7, 11) is -1.60. The van der Waals surface area contributed by atoms with E-state index >= 15 is 0 Å². The van der Waals surface area contributed by atoms with Crippen LogP contribution in [0.2, 0.25) is 10.0 Å². The topological polar surface area (TPSA) is 96.4 Å². The molecule has 0 bridgehead atoms. The van der Waals surface area contributed by atoms with Gasteiger partial charge in [-0.1, -0.05) is 23.2 Å². The predicted octanol–water partition coefficient (Wildman–Crippen LogP) is 2.89. The molecule has 1 saturated heterocycles. The van der Waals surface area contributed by atoms with Crippen molar-refractivity contribution in [2.45, 2.75) is 4.90 Å². The zero-order valence-electron chi connectivity index (χ0n) is 14.3. The third-order valence-electron chi connectivity index (χ3n) is 4.37. The Morgan fingerprint density at radius 3 is 2.61 bits per heavy atom. The number of hydrogen-bond acceptors (Lipinski definition) is 4. The van der Waals surface area contributed by atoms with Gasteiger partial charge in [0.1, 0.15) is 40.6 Å². The van der Waals surface area contributed by atoms with E-state index in [4.69, 9.17) is 38.9 Å². The number of halogens is 3. The Morgan fingerprint density at radius 2 is 2.04 bits per heavy atom. The number of carbonyl (C=O) groups is 1. The van der Waals surface area contributed by atoms with Gasteiger partial charge in [0.25, 0.3) is 0 Å². The van der Waals surface area contributed by atoms with Gasteiger partial charge < -0.3 is 10.5 Å². The molecule has 1 aliphatic rings. The number of benzene rings is 2. The van der Waals surface area contributed by atoms with Crippen LogP contribution >= 0.6 is 23.2 Å². The molecule has 6 nitrogen and oxygen atoms in total. The molecule has 146 valence electrons. The maximum absolute atomic E-state index is 13.7. The quantitative estimate of drug-likeness (QED) is 0.744. The number of carbonyl (C=O) groups excluding carboxylic acids is 1. The molecule has 1 amide bonds. The average molecular weight is 442 g/mol. The maximum atomic E-state index is 13.7. The molecule has 2 N–H and O–H groups in total. The summed E-state index contributed by atoms with van der Waals surface area (Å²) in [6.45, 7) is 0.0645. The van der Waals surface area contributed by atoms with E-state index in [1.54, 1.807) is 18.2 Å². The summed E-state index contributed by atoms with van der Waals surface area (Å²) in [5.41, 5.74) is 4.34. The molecule has 1 aliphatic heterocycles. The summed E-state index contributed by atoms with van der Waals surface area (Å²) in [5, 5.41) is 9.43. The highest BCUT2D eigenvalue weighted by Crippen LogP contribution is 2.36. The molecule has 28 heavy (non-hydrogen) atoms. The third-order valence-corrected chi connectivity index (χ3v) is 6.49. The van der Waals surface area contributed by atoms with E-state index in [0.717, 1.165) is 6.07 Å². The van der Waals surface area contributed by atoms with Crippen molar-refractivity contribution in [3.8, 4) is 11.8 Å². The standard InChI is InChI=1S/C18H14Cl2FN3O3S/c19-12-2-4-16(14(20)5-12)28(26)24-8-18(9-24,17(23)25)10-27-13-3-1-11(7-22)15(21)6-13/h1-6H,8-10H2,(H2,23,25). The second-order valence-corrected chi connectivity index (χ2v) is 8.61. The number of nitrogens with zero attached hydrogens (tertiary/aromatic N) is 2. The number of amides is 1. The zero-order valence-corrected chi connectivity index (χ0v) is 16.7. The number of primary amides is 1. The highest BCUT2D eigenvalue weighted by atomic mass is 35.5. The summed E-state index contributed by atoms with van der Waals surface area (Å²) in [6.07, 6.45) is 0. The van der Waals surface area contributed by atoms with Crippen LogP contribution < -0.4 is 10.5 Å². The van der Waals surface area contributed by atoms with Crippen LogP contribution in [0.3, 0.4) is 0 Å². The second kappa shape index (κ2) is 8.05. The molecule has 10 heteroatoms. The van der Waals surface area contributed by atoms with Crippen LogP contribution in [-0.2, 0) is 15.8 Å². The summed E-state index contributed by atoms with van der Waals surface area (Å²) in [5.74, 6) is -1.17. The lowest BCUT2D eigenvalue weighted by molar-refractivity contribution is -0.136. The number of hydrogen-bond donors (Lipinski definition) is 1. The number of nitrogens with two attached hydrogens (primary N) is 1. The van der Waals surface area contributed by atoms with Crippen molar-refractivity contribution in [1.82, 2.24) is 4.31 Å². The van der Waals surface area contributed by atoms with Gasteiger partial charge in [0.15, 0.2) is 0 Å². The van der Waals surface area contributed by atoms with Crippen LogP contribution in [0.25, 0.3) is 0 Å². The van der Waals surface area contributed by atoms with E-state index in [9.17, 15) is 13.4 Å². The van der Waals surface area contributed by atoms with Gasteiger partial charge in [-0.2, -0.15) is 5.26 Å². The normalized spacial score (nSPS) is 16.6. The van der Waals surface area contributed by atoms with E-state index in [1.165, 1.54) is 22.5 Å². The number of ether oxygens (including phenoxy) is 1. The summed E-state index contributed by atoms with van der Waals surface area (Å²) < 4.78 is 33.4. The molecule has 0 aromatic heterocycles. The molecule has 1 unspecified atom stereocenters. The number of rotatable bonds is 6. The summed E-state index contributed by atoms with van der Waals surface area (Å²) in [6, 6.07) is 10.1. The lowest BCUT2D eigenvalue weighted by Gasteiger charge is -2.46. The largest absolute Gasteiger partial charge is 0.492 e. The monoisotopic (exact) mass is 441 g/mol. The van der Waals surface area contributed by atoms with Crippen molar-refractivity contribution >= 4 is 40.1 Å². The van der Waals surface area contributed by atoms with E-state index in [-0.39, 0.29) is 36.0 Å². The van der Waals surface area contributed by atoms with Crippen molar-refractivity contribution in [2.24, 2.45) is 11.1 Å².